The fourth-order valence-corrected chi connectivity index (χ4v) is 3.21. The predicted molar refractivity (Wildman–Crippen MR) is 66.6 cm³/mol. The average Bonchev–Trinajstić information content (AvgIpc) is 2.87. The van der Waals surface area contributed by atoms with E-state index < -0.39 is 0 Å². The smallest absolute Gasteiger partial charge is 0.222 e. The van der Waals surface area contributed by atoms with Crippen molar-refractivity contribution in [2.24, 2.45) is 5.73 Å². The highest BCUT2D eigenvalue weighted by atomic mass is 16.5. The van der Waals surface area contributed by atoms with Gasteiger partial charge in [-0.2, -0.15) is 0 Å². The quantitative estimate of drug-likeness (QED) is 0.779. The lowest BCUT2D eigenvalue weighted by Crippen LogP contribution is -2.46. The van der Waals surface area contributed by atoms with Crippen molar-refractivity contribution in [1.82, 2.24) is 5.32 Å². The summed E-state index contributed by atoms with van der Waals surface area (Å²) in [5.41, 5.74) is 5.96. The van der Waals surface area contributed by atoms with Crippen molar-refractivity contribution in [2.75, 3.05) is 7.11 Å². The number of methoxy groups -OCH3 is 1. The number of hydrogen-bond acceptors (Lipinski definition) is 3. The summed E-state index contributed by atoms with van der Waals surface area (Å²) >= 11 is 0. The Hall–Kier alpha value is -0.610. The first kappa shape index (κ1) is 12.8. The van der Waals surface area contributed by atoms with Crippen molar-refractivity contribution in [3.05, 3.63) is 0 Å². The SMILES string of the molecule is COC1CCCC1NC(=O)CC1(N)CCCC1. The summed E-state index contributed by atoms with van der Waals surface area (Å²) in [6, 6.07) is 0.192. The Morgan fingerprint density at radius 2 is 2.06 bits per heavy atom. The molecular formula is C13H24N2O2. The van der Waals surface area contributed by atoms with Gasteiger partial charge in [-0.1, -0.05) is 12.8 Å². The maximum absolute atomic E-state index is 12.0. The van der Waals surface area contributed by atoms with Gasteiger partial charge in [0.2, 0.25) is 5.91 Å². The Labute approximate surface area is 103 Å². The van der Waals surface area contributed by atoms with Crippen LogP contribution in [0.1, 0.15) is 51.4 Å². The van der Waals surface area contributed by atoms with Gasteiger partial charge in [-0.15, -0.1) is 0 Å². The third-order valence-corrected chi connectivity index (χ3v) is 4.21. The molecule has 0 bridgehead atoms. The molecule has 4 heteroatoms. The molecule has 4 nitrogen and oxygen atoms in total. The van der Waals surface area contributed by atoms with E-state index in [0.717, 1.165) is 44.9 Å². The highest BCUT2D eigenvalue weighted by Gasteiger charge is 2.34. The number of hydrogen-bond donors (Lipinski definition) is 2. The van der Waals surface area contributed by atoms with E-state index in [-0.39, 0.29) is 23.6 Å². The Balaban J connectivity index is 1.80. The van der Waals surface area contributed by atoms with E-state index in [1.54, 1.807) is 7.11 Å². The molecular weight excluding hydrogens is 216 g/mol. The number of carbonyl (C=O) groups excluding carboxylic acids is 1. The zero-order chi connectivity index (χ0) is 12.3. The minimum atomic E-state index is -0.245. The van der Waals surface area contributed by atoms with Crippen molar-refractivity contribution in [2.45, 2.75) is 69.1 Å². The van der Waals surface area contributed by atoms with E-state index in [4.69, 9.17) is 10.5 Å². The van der Waals surface area contributed by atoms with E-state index in [9.17, 15) is 4.79 Å². The Morgan fingerprint density at radius 3 is 2.71 bits per heavy atom. The van der Waals surface area contributed by atoms with Gasteiger partial charge in [0.1, 0.15) is 0 Å². The molecule has 98 valence electrons. The minimum Gasteiger partial charge on any atom is -0.379 e. The van der Waals surface area contributed by atoms with E-state index in [2.05, 4.69) is 5.32 Å². The molecule has 0 aromatic carbocycles. The van der Waals surface area contributed by atoms with Crippen molar-refractivity contribution in [3.63, 3.8) is 0 Å². The van der Waals surface area contributed by atoms with Gasteiger partial charge in [0.05, 0.1) is 12.1 Å². The summed E-state index contributed by atoms with van der Waals surface area (Å²) in [6.07, 6.45) is 8.17. The van der Waals surface area contributed by atoms with Gasteiger partial charge in [-0.3, -0.25) is 4.79 Å². The summed E-state index contributed by atoms with van der Waals surface area (Å²) in [5.74, 6) is 0.100. The van der Waals surface area contributed by atoms with E-state index in [0.29, 0.717) is 6.42 Å². The molecule has 2 atom stereocenters. The zero-order valence-electron chi connectivity index (χ0n) is 10.7. The molecule has 0 radical (unpaired) electrons. The summed E-state index contributed by atoms with van der Waals surface area (Å²) in [6.45, 7) is 0. The van der Waals surface area contributed by atoms with Crippen LogP contribution in [0.15, 0.2) is 0 Å². The molecule has 17 heavy (non-hydrogen) atoms. The predicted octanol–water partition coefficient (Wildman–Crippen LogP) is 1.33. The summed E-state index contributed by atoms with van der Waals surface area (Å²) in [5, 5.41) is 3.09. The molecule has 0 saturated heterocycles. The van der Waals surface area contributed by atoms with E-state index in [1.807, 2.05) is 0 Å². The average molecular weight is 240 g/mol. The summed E-state index contributed by atoms with van der Waals surface area (Å²) < 4.78 is 5.37. The number of rotatable bonds is 4. The lowest BCUT2D eigenvalue weighted by Gasteiger charge is -2.25. The maximum Gasteiger partial charge on any atom is 0.222 e. The molecule has 2 saturated carbocycles. The Bertz CT molecular complexity index is 275. The Kier molecular flexibility index (Phi) is 4.05. The van der Waals surface area contributed by atoms with Gasteiger partial charge in [0.15, 0.2) is 0 Å². The first-order valence-corrected chi connectivity index (χ1v) is 6.74. The second-order valence-corrected chi connectivity index (χ2v) is 5.63. The number of ether oxygens (including phenoxy) is 1. The molecule has 0 aromatic heterocycles. The minimum absolute atomic E-state index is 0.100. The van der Waals surface area contributed by atoms with Crippen LogP contribution < -0.4 is 11.1 Å². The van der Waals surface area contributed by atoms with Gasteiger partial charge < -0.3 is 15.8 Å². The summed E-state index contributed by atoms with van der Waals surface area (Å²) in [7, 11) is 1.72. The topological polar surface area (TPSA) is 64.3 Å². The molecule has 3 N–H and O–H groups in total. The fourth-order valence-electron chi connectivity index (χ4n) is 3.21. The van der Waals surface area contributed by atoms with Gasteiger partial charge in [0, 0.05) is 19.1 Å². The molecule has 0 aromatic rings. The van der Waals surface area contributed by atoms with Crippen molar-refractivity contribution >= 4 is 5.91 Å². The van der Waals surface area contributed by atoms with E-state index >= 15 is 0 Å². The molecule has 1 amide bonds. The third kappa shape index (κ3) is 3.19. The molecule has 2 fully saturated rings. The van der Waals surface area contributed by atoms with Crippen LogP contribution in [0.2, 0.25) is 0 Å². The summed E-state index contributed by atoms with van der Waals surface area (Å²) in [4.78, 5) is 12.0. The van der Waals surface area contributed by atoms with Crippen LogP contribution in [0.25, 0.3) is 0 Å². The second kappa shape index (κ2) is 5.36. The van der Waals surface area contributed by atoms with Crippen LogP contribution in [-0.4, -0.2) is 30.7 Å². The van der Waals surface area contributed by atoms with Crippen LogP contribution in [-0.2, 0) is 9.53 Å². The van der Waals surface area contributed by atoms with Crippen LogP contribution in [0.4, 0.5) is 0 Å². The normalized spacial score (nSPS) is 31.6. The molecule has 0 aliphatic heterocycles. The molecule has 0 spiro atoms. The monoisotopic (exact) mass is 240 g/mol. The van der Waals surface area contributed by atoms with Crippen molar-refractivity contribution < 1.29 is 9.53 Å². The van der Waals surface area contributed by atoms with Crippen LogP contribution >= 0.6 is 0 Å². The molecule has 0 heterocycles. The maximum atomic E-state index is 12.0. The van der Waals surface area contributed by atoms with Crippen molar-refractivity contribution in [1.29, 1.82) is 0 Å². The van der Waals surface area contributed by atoms with E-state index in [1.165, 1.54) is 0 Å². The standard InChI is InChI=1S/C13H24N2O2/c1-17-11-6-4-5-10(11)15-12(16)9-13(14)7-2-3-8-13/h10-11H,2-9,14H2,1H3,(H,15,16). The van der Waals surface area contributed by atoms with Gasteiger partial charge in [-0.05, 0) is 32.1 Å². The number of nitrogens with one attached hydrogen (secondary N) is 1. The lowest BCUT2D eigenvalue weighted by atomic mass is 9.94. The first-order chi connectivity index (χ1) is 8.13. The molecule has 2 aliphatic carbocycles. The number of amides is 1. The lowest BCUT2D eigenvalue weighted by molar-refractivity contribution is -0.123. The second-order valence-electron chi connectivity index (χ2n) is 5.63. The van der Waals surface area contributed by atoms with Crippen LogP contribution in [0.3, 0.4) is 0 Å². The Morgan fingerprint density at radius 1 is 1.35 bits per heavy atom. The highest BCUT2D eigenvalue weighted by Crippen LogP contribution is 2.30. The van der Waals surface area contributed by atoms with Crippen molar-refractivity contribution in [3.8, 4) is 0 Å². The molecule has 2 unspecified atom stereocenters. The first-order valence-electron chi connectivity index (χ1n) is 6.74. The van der Waals surface area contributed by atoms with Gasteiger partial charge in [-0.25, -0.2) is 0 Å². The van der Waals surface area contributed by atoms with Crippen LogP contribution in [0.5, 0.6) is 0 Å². The molecule has 2 rings (SSSR count). The number of carbonyl (C=O) groups is 1. The fraction of sp³-hybridized carbons (Fsp3) is 0.923. The van der Waals surface area contributed by atoms with Gasteiger partial charge >= 0.3 is 0 Å². The largest absolute Gasteiger partial charge is 0.379 e. The third-order valence-electron chi connectivity index (χ3n) is 4.21. The molecule has 2 aliphatic rings. The number of nitrogens with two attached hydrogens (primary N) is 1. The van der Waals surface area contributed by atoms with Crippen LogP contribution in [0, 0.1) is 0 Å². The van der Waals surface area contributed by atoms with Gasteiger partial charge in [0.25, 0.3) is 0 Å². The zero-order valence-corrected chi connectivity index (χ0v) is 10.7. The highest BCUT2D eigenvalue weighted by molar-refractivity contribution is 5.77.